The number of hydrogen-bond acceptors (Lipinski definition) is 3. The molecule has 0 saturated carbocycles. The first kappa shape index (κ1) is 15.7. The lowest BCUT2D eigenvalue weighted by Crippen LogP contribution is -2.34. The van der Waals surface area contributed by atoms with Gasteiger partial charge >= 0.3 is 0 Å². The first-order valence-electron chi connectivity index (χ1n) is 6.43. The smallest absolute Gasteiger partial charge is 0.246 e. The molecule has 0 aliphatic carbocycles. The van der Waals surface area contributed by atoms with Gasteiger partial charge in [-0.05, 0) is 33.3 Å². The quantitative estimate of drug-likeness (QED) is 0.855. The number of aliphatic hydroxyl groups is 1. The van der Waals surface area contributed by atoms with Gasteiger partial charge in [-0.15, -0.1) is 0 Å². The molecule has 1 aromatic rings. The highest BCUT2D eigenvalue weighted by Crippen LogP contribution is 2.12. The number of ether oxygens (including phenoxy) is 1. The third-order valence-corrected chi connectivity index (χ3v) is 2.59. The molecule has 0 bridgehead atoms. The molecule has 0 radical (unpaired) electrons. The maximum absolute atomic E-state index is 11.5. The summed E-state index contributed by atoms with van der Waals surface area (Å²) < 4.78 is 5.35. The zero-order chi connectivity index (χ0) is 14.5. The van der Waals surface area contributed by atoms with E-state index in [0.717, 1.165) is 11.1 Å². The van der Waals surface area contributed by atoms with E-state index in [-0.39, 0.29) is 24.7 Å². The summed E-state index contributed by atoms with van der Waals surface area (Å²) in [6.07, 6.45) is -0.695. The third kappa shape index (κ3) is 6.36. The molecule has 1 unspecified atom stereocenters. The predicted molar refractivity (Wildman–Crippen MR) is 74.9 cm³/mol. The molecule has 106 valence electrons. The Hall–Kier alpha value is -1.39. The third-order valence-electron chi connectivity index (χ3n) is 2.59. The fraction of sp³-hybridized carbons (Fsp3) is 0.533. The number of carbonyl (C=O) groups excluding carboxylic acids is 1. The minimum atomic E-state index is -0.695. The molecular formula is C15H23NO3. The van der Waals surface area contributed by atoms with Crippen molar-refractivity contribution in [2.75, 3.05) is 13.2 Å². The van der Waals surface area contributed by atoms with Crippen LogP contribution in [0.1, 0.15) is 38.0 Å². The van der Waals surface area contributed by atoms with Gasteiger partial charge in [-0.2, -0.15) is 0 Å². The number of rotatable bonds is 5. The van der Waals surface area contributed by atoms with Crippen molar-refractivity contribution in [3.63, 3.8) is 0 Å². The minimum absolute atomic E-state index is 0.00409. The molecule has 0 aliphatic rings. The van der Waals surface area contributed by atoms with Crippen molar-refractivity contribution in [2.45, 2.75) is 39.4 Å². The van der Waals surface area contributed by atoms with Crippen LogP contribution >= 0.6 is 0 Å². The van der Waals surface area contributed by atoms with Crippen LogP contribution < -0.4 is 5.32 Å². The van der Waals surface area contributed by atoms with Gasteiger partial charge in [-0.3, -0.25) is 4.79 Å². The van der Waals surface area contributed by atoms with Gasteiger partial charge < -0.3 is 15.2 Å². The van der Waals surface area contributed by atoms with Gasteiger partial charge in [0.25, 0.3) is 0 Å². The van der Waals surface area contributed by atoms with Crippen LogP contribution in [-0.2, 0) is 9.53 Å². The molecule has 2 N–H and O–H groups in total. The molecule has 0 spiro atoms. The van der Waals surface area contributed by atoms with E-state index in [1.165, 1.54) is 0 Å². The molecule has 4 heteroatoms. The van der Waals surface area contributed by atoms with E-state index in [4.69, 9.17) is 4.74 Å². The standard InChI is InChI=1S/C15H23NO3/c1-11-5-7-12(8-6-11)13(17)9-16-14(18)10-19-15(2,3)4/h5-8,13,17H,9-10H2,1-4H3,(H,16,18). The number of aryl methyl sites for hydroxylation is 1. The number of carbonyl (C=O) groups is 1. The molecule has 0 aliphatic heterocycles. The monoisotopic (exact) mass is 265 g/mol. The highest BCUT2D eigenvalue weighted by Gasteiger charge is 2.14. The number of benzene rings is 1. The molecule has 0 heterocycles. The summed E-state index contributed by atoms with van der Waals surface area (Å²) in [7, 11) is 0. The van der Waals surface area contributed by atoms with E-state index in [0.29, 0.717) is 0 Å². The van der Waals surface area contributed by atoms with E-state index in [1.807, 2.05) is 52.0 Å². The Bertz CT molecular complexity index is 406. The van der Waals surface area contributed by atoms with Crippen molar-refractivity contribution in [1.82, 2.24) is 5.32 Å². The molecule has 0 saturated heterocycles. The van der Waals surface area contributed by atoms with E-state index in [9.17, 15) is 9.90 Å². The largest absolute Gasteiger partial charge is 0.387 e. The van der Waals surface area contributed by atoms with Gasteiger partial charge in [0.1, 0.15) is 6.61 Å². The zero-order valence-electron chi connectivity index (χ0n) is 12.1. The van der Waals surface area contributed by atoms with Crippen molar-refractivity contribution in [3.8, 4) is 0 Å². The van der Waals surface area contributed by atoms with Crippen molar-refractivity contribution >= 4 is 5.91 Å². The Morgan fingerprint density at radius 2 is 1.89 bits per heavy atom. The molecule has 1 aromatic carbocycles. The van der Waals surface area contributed by atoms with Crippen LogP contribution in [0.3, 0.4) is 0 Å². The average Bonchev–Trinajstić information content (AvgIpc) is 2.33. The van der Waals surface area contributed by atoms with Crippen molar-refractivity contribution in [2.24, 2.45) is 0 Å². The maximum Gasteiger partial charge on any atom is 0.246 e. The number of hydrogen-bond donors (Lipinski definition) is 2. The van der Waals surface area contributed by atoms with E-state index in [2.05, 4.69) is 5.32 Å². The molecule has 0 fully saturated rings. The first-order chi connectivity index (χ1) is 8.78. The van der Waals surface area contributed by atoms with E-state index >= 15 is 0 Å². The Morgan fingerprint density at radius 1 is 1.32 bits per heavy atom. The summed E-state index contributed by atoms with van der Waals surface area (Å²) in [5.74, 6) is -0.221. The van der Waals surface area contributed by atoms with Gasteiger partial charge in [-0.1, -0.05) is 29.8 Å². The fourth-order valence-electron chi connectivity index (χ4n) is 1.45. The zero-order valence-corrected chi connectivity index (χ0v) is 12.1. The normalized spacial score (nSPS) is 13.1. The number of amides is 1. The van der Waals surface area contributed by atoms with Crippen LogP contribution in [0.15, 0.2) is 24.3 Å². The van der Waals surface area contributed by atoms with Gasteiger partial charge in [0.15, 0.2) is 0 Å². The van der Waals surface area contributed by atoms with Crippen LogP contribution in [0.5, 0.6) is 0 Å². The minimum Gasteiger partial charge on any atom is -0.387 e. The lowest BCUT2D eigenvalue weighted by Gasteiger charge is -2.19. The maximum atomic E-state index is 11.5. The van der Waals surface area contributed by atoms with Gasteiger partial charge in [0.2, 0.25) is 5.91 Å². The van der Waals surface area contributed by atoms with E-state index in [1.54, 1.807) is 0 Å². The Kier molecular flexibility index (Phi) is 5.51. The summed E-state index contributed by atoms with van der Waals surface area (Å²) in [4.78, 5) is 11.5. The van der Waals surface area contributed by atoms with Crippen LogP contribution in [0.4, 0.5) is 0 Å². The summed E-state index contributed by atoms with van der Waals surface area (Å²) in [5.41, 5.74) is 1.59. The van der Waals surface area contributed by atoms with E-state index < -0.39 is 6.10 Å². The second-order valence-corrected chi connectivity index (χ2v) is 5.63. The van der Waals surface area contributed by atoms with Gasteiger partial charge in [0.05, 0.1) is 11.7 Å². The molecule has 1 atom stereocenters. The second-order valence-electron chi connectivity index (χ2n) is 5.63. The van der Waals surface area contributed by atoms with Crippen LogP contribution in [0.2, 0.25) is 0 Å². The predicted octanol–water partition coefficient (Wildman–Crippen LogP) is 1.96. The molecule has 19 heavy (non-hydrogen) atoms. The average molecular weight is 265 g/mol. The Morgan fingerprint density at radius 3 is 2.42 bits per heavy atom. The molecule has 1 rings (SSSR count). The summed E-state index contributed by atoms with van der Waals surface area (Å²) in [5, 5.41) is 12.6. The fourth-order valence-corrected chi connectivity index (χ4v) is 1.45. The topological polar surface area (TPSA) is 58.6 Å². The van der Waals surface area contributed by atoms with Crippen molar-refractivity contribution in [3.05, 3.63) is 35.4 Å². The molecule has 0 aromatic heterocycles. The lowest BCUT2D eigenvalue weighted by molar-refractivity contribution is -0.131. The van der Waals surface area contributed by atoms with Crippen LogP contribution in [-0.4, -0.2) is 29.8 Å². The lowest BCUT2D eigenvalue weighted by atomic mass is 10.1. The molecular weight excluding hydrogens is 242 g/mol. The first-order valence-corrected chi connectivity index (χ1v) is 6.43. The highest BCUT2D eigenvalue weighted by atomic mass is 16.5. The van der Waals surface area contributed by atoms with Crippen molar-refractivity contribution < 1.29 is 14.6 Å². The SMILES string of the molecule is Cc1ccc(C(O)CNC(=O)COC(C)(C)C)cc1. The summed E-state index contributed by atoms with van der Waals surface area (Å²) in [6.45, 7) is 7.85. The van der Waals surface area contributed by atoms with Crippen molar-refractivity contribution in [1.29, 1.82) is 0 Å². The summed E-state index contributed by atoms with van der Waals surface area (Å²) >= 11 is 0. The van der Waals surface area contributed by atoms with Crippen LogP contribution in [0.25, 0.3) is 0 Å². The number of aliphatic hydroxyl groups excluding tert-OH is 1. The highest BCUT2D eigenvalue weighted by molar-refractivity contribution is 5.77. The van der Waals surface area contributed by atoms with Crippen LogP contribution in [0, 0.1) is 6.92 Å². The molecule has 1 amide bonds. The Balaban J connectivity index is 2.35. The van der Waals surface area contributed by atoms with Gasteiger partial charge in [0, 0.05) is 6.54 Å². The molecule has 4 nitrogen and oxygen atoms in total. The number of nitrogens with one attached hydrogen (secondary N) is 1. The van der Waals surface area contributed by atoms with Gasteiger partial charge in [-0.25, -0.2) is 0 Å². The Labute approximate surface area is 114 Å². The second kappa shape index (κ2) is 6.68. The summed E-state index contributed by atoms with van der Waals surface area (Å²) in [6, 6.07) is 7.59.